The van der Waals surface area contributed by atoms with Gasteiger partial charge in [0, 0.05) is 18.7 Å². The number of benzene rings is 1. The molecule has 0 saturated carbocycles. The van der Waals surface area contributed by atoms with Crippen LogP contribution in [0, 0.1) is 18.3 Å². The Hall–Kier alpha value is -2.68. The minimum absolute atomic E-state index is 0.00294. The van der Waals surface area contributed by atoms with E-state index in [4.69, 9.17) is 4.52 Å². The molecule has 2 heterocycles. The number of anilines is 1. The minimum atomic E-state index is -0.00294. The second-order valence-corrected chi connectivity index (χ2v) is 5.86. The first-order valence-electron chi connectivity index (χ1n) is 7.68. The fraction of sp³-hybridized carbons (Fsp3) is 0.412. The molecule has 1 aliphatic heterocycles. The molecule has 6 nitrogen and oxygen atoms in total. The lowest BCUT2D eigenvalue weighted by Crippen LogP contribution is -2.35. The largest absolute Gasteiger partial charge is 0.370 e. The van der Waals surface area contributed by atoms with E-state index in [2.05, 4.69) is 21.1 Å². The molecule has 0 bridgehead atoms. The van der Waals surface area contributed by atoms with Crippen LogP contribution >= 0.6 is 0 Å². The van der Waals surface area contributed by atoms with E-state index in [0.717, 1.165) is 25.1 Å². The van der Waals surface area contributed by atoms with Crippen LogP contribution in [0.4, 0.5) is 5.69 Å². The Labute approximate surface area is 134 Å². The molecule has 1 fully saturated rings. The topological polar surface area (TPSA) is 83.0 Å². The Kier molecular flexibility index (Phi) is 4.11. The van der Waals surface area contributed by atoms with Crippen LogP contribution in [0.2, 0.25) is 0 Å². The first kappa shape index (κ1) is 15.2. The van der Waals surface area contributed by atoms with Gasteiger partial charge in [0.05, 0.1) is 17.2 Å². The van der Waals surface area contributed by atoms with Gasteiger partial charge in [0.2, 0.25) is 5.89 Å². The van der Waals surface area contributed by atoms with E-state index in [0.29, 0.717) is 29.4 Å². The second-order valence-electron chi connectivity index (χ2n) is 5.86. The van der Waals surface area contributed by atoms with Crippen molar-refractivity contribution in [3.8, 4) is 6.07 Å². The normalized spacial score (nSPS) is 17.8. The van der Waals surface area contributed by atoms with Crippen molar-refractivity contribution in [2.75, 3.05) is 18.0 Å². The summed E-state index contributed by atoms with van der Waals surface area (Å²) in [5.74, 6) is 1.43. The maximum absolute atomic E-state index is 11.6. The number of ketones is 1. The van der Waals surface area contributed by atoms with Gasteiger partial charge >= 0.3 is 0 Å². The first-order chi connectivity index (χ1) is 11.1. The molecule has 1 aromatic heterocycles. The van der Waals surface area contributed by atoms with E-state index in [1.54, 1.807) is 19.1 Å². The lowest BCUT2D eigenvalue weighted by atomic mass is 9.96. The maximum Gasteiger partial charge on any atom is 0.231 e. The second kappa shape index (κ2) is 6.21. The molecule has 0 spiro atoms. The number of hydrogen-bond acceptors (Lipinski definition) is 6. The van der Waals surface area contributed by atoms with Gasteiger partial charge in [0.15, 0.2) is 11.6 Å². The van der Waals surface area contributed by atoms with Gasteiger partial charge in [-0.2, -0.15) is 10.2 Å². The lowest BCUT2D eigenvalue weighted by Gasteiger charge is -2.33. The number of piperidine rings is 1. The lowest BCUT2D eigenvalue weighted by molar-refractivity contribution is 0.101. The monoisotopic (exact) mass is 310 g/mol. The fourth-order valence-corrected chi connectivity index (χ4v) is 2.98. The van der Waals surface area contributed by atoms with Crippen LogP contribution in [0.25, 0.3) is 0 Å². The van der Waals surface area contributed by atoms with Gasteiger partial charge in [0.1, 0.15) is 6.07 Å². The summed E-state index contributed by atoms with van der Waals surface area (Å²) in [7, 11) is 0. The van der Waals surface area contributed by atoms with Gasteiger partial charge in [-0.05, 0) is 44.9 Å². The highest BCUT2D eigenvalue weighted by atomic mass is 16.5. The highest BCUT2D eigenvalue weighted by Crippen LogP contribution is 2.31. The SMILES string of the molecule is CC(=O)c1ccc(C#N)c(N2CCCC(c3nc(C)no3)C2)c1. The van der Waals surface area contributed by atoms with E-state index in [1.165, 1.54) is 6.92 Å². The van der Waals surface area contributed by atoms with Crippen molar-refractivity contribution in [2.24, 2.45) is 0 Å². The zero-order chi connectivity index (χ0) is 16.4. The van der Waals surface area contributed by atoms with Gasteiger partial charge in [-0.25, -0.2) is 0 Å². The first-order valence-corrected chi connectivity index (χ1v) is 7.68. The van der Waals surface area contributed by atoms with Crippen LogP contribution in [0.1, 0.15) is 53.3 Å². The molecular weight excluding hydrogens is 292 g/mol. The predicted molar refractivity (Wildman–Crippen MR) is 84.4 cm³/mol. The molecule has 3 rings (SSSR count). The molecule has 0 N–H and O–H groups in total. The molecule has 1 aliphatic rings. The number of rotatable bonds is 3. The third kappa shape index (κ3) is 3.09. The number of Topliss-reactive ketones (excluding diaryl/α,β-unsaturated/α-hetero) is 1. The van der Waals surface area contributed by atoms with E-state index >= 15 is 0 Å². The van der Waals surface area contributed by atoms with Crippen LogP contribution in [0.15, 0.2) is 22.7 Å². The van der Waals surface area contributed by atoms with Crippen molar-refractivity contribution in [1.82, 2.24) is 10.1 Å². The molecule has 6 heteroatoms. The Morgan fingerprint density at radius 3 is 2.96 bits per heavy atom. The molecule has 1 aromatic carbocycles. The molecule has 118 valence electrons. The molecule has 0 amide bonds. The highest BCUT2D eigenvalue weighted by Gasteiger charge is 2.27. The van der Waals surface area contributed by atoms with Crippen LogP contribution in [-0.4, -0.2) is 29.0 Å². The molecule has 1 saturated heterocycles. The third-order valence-electron chi connectivity index (χ3n) is 4.18. The zero-order valence-corrected chi connectivity index (χ0v) is 13.2. The molecule has 0 radical (unpaired) electrons. The van der Waals surface area contributed by atoms with Gasteiger partial charge < -0.3 is 9.42 Å². The van der Waals surface area contributed by atoms with Crippen LogP contribution in [0.3, 0.4) is 0 Å². The molecule has 1 atom stereocenters. The number of nitriles is 1. The Bertz CT molecular complexity index is 775. The minimum Gasteiger partial charge on any atom is -0.370 e. The van der Waals surface area contributed by atoms with Crippen LogP contribution < -0.4 is 4.90 Å². The summed E-state index contributed by atoms with van der Waals surface area (Å²) >= 11 is 0. The van der Waals surface area contributed by atoms with Crippen molar-refractivity contribution in [1.29, 1.82) is 5.26 Å². The summed E-state index contributed by atoms with van der Waals surface area (Å²) in [5.41, 5.74) is 2.01. The fourth-order valence-electron chi connectivity index (χ4n) is 2.98. The number of carbonyl (C=O) groups excluding carboxylic acids is 1. The average molecular weight is 310 g/mol. The number of nitrogens with zero attached hydrogens (tertiary/aromatic N) is 4. The zero-order valence-electron chi connectivity index (χ0n) is 13.2. The van der Waals surface area contributed by atoms with Crippen molar-refractivity contribution >= 4 is 11.5 Å². The number of aromatic nitrogens is 2. The standard InChI is InChI=1S/C17H18N4O2/c1-11(22)13-5-6-14(9-18)16(8-13)21-7-3-4-15(10-21)17-19-12(2)20-23-17/h5-6,8,15H,3-4,7,10H2,1-2H3. The summed E-state index contributed by atoms with van der Waals surface area (Å²) < 4.78 is 5.30. The number of hydrogen-bond donors (Lipinski definition) is 0. The molecule has 1 unspecified atom stereocenters. The van der Waals surface area contributed by atoms with Gasteiger partial charge in [-0.15, -0.1) is 0 Å². The Morgan fingerprint density at radius 2 is 2.30 bits per heavy atom. The van der Waals surface area contributed by atoms with E-state index in [1.807, 2.05) is 6.07 Å². The number of carbonyl (C=O) groups is 1. The molecule has 2 aromatic rings. The number of aryl methyl sites for hydroxylation is 1. The quantitative estimate of drug-likeness (QED) is 0.811. The van der Waals surface area contributed by atoms with Crippen molar-refractivity contribution in [3.05, 3.63) is 41.0 Å². The Morgan fingerprint density at radius 1 is 1.48 bits per heavy atom. The predicted octanol–water partition coefficient (Wildman–Crippen LogP) is 2.84. The smallest absolute Gasteiger partial charge is 0.231 e. The molecule has 23 heavy (non-hydrogen) atoms. The highest BCUT2D eigenvalue weighted by molar-refractivity contribution is 5.95. The van der Waals surface area contributed by atoms with E-state index in [-0.39, 0.29) is 11.7 Å². The van der Waals surface area contributed by atoms with Gasteiger partial charge in [-0.3, -0.25) is 4.79 Å². The maximum atomic E-state index is 11.6. The van der Waals surface area contributed by atoms with Crippen molar-refractivity contribution in [2.45, 2.75) is 32.6 Å². The van der Waals surface area contributed by atoms with E-state index in [9.17, 15) is 10.1 Å². The molecular formula is C17H18N4O2. The van der Waals surface area contributed by atoms with Crippen LogP contribution in [0.5, 0.6) is 0 Å². The summed E-state index contributed by atoms with van der Waals surface area (Å²) in [6.07, 6.45) is 1.95. The summed E-state index contributed by atoms with van der Waals surface area (Å²) in [6, 6.07) is 7.44. The van der Waals surface area contributed by atoms with Gasteiger partial charge in [0.25, 0.3) is 0 Å². The summed E-state index contributed by atoms with van der Waals surface area (Å²) in [6.45, 7) is 4.89. The average Bonchev–Trinajstić information content (AvgIpc) is 3.01. The van der Waals surface area contributed by atoms with E-state index < -0.39 is 0 Å². The van der Waals surface area contributed by atoms with Crippen molar-refractivity contribution < 1.29 is 9.32 Å². The summed E-state index contributed by atoms with van der Waals surface area (Å²) in [5, 5.41) is 13.2. The third-order valence-corrected chi connectivity index (χ3v) is 4.18. The van der Waals surface area contributed by atoms with Gasteiger partial charge in [-0.1, -0.05) is 5.16 Å². The van der Waals surface area contributed by atoms with Crippen LogP contribution in [-0.2, 0) is 0 Å². The van der Waals surface area contributed by atoms with Crippen molar-refractivity contribution in [3.63, 3.8) is 0 Å². The molecule has 0 aliphatic carbocycles. The Balaban J connectivity index is 1.90. The summed E-state index contributed by atoms with van der Waals surface area (Å²) in [4.78, 5) is 18.1.